The molecule has 24 heavy (non-hydrogen) atoms. The van der Waals surface area contributed by atoms with Gasteiger partial charge in [-0.25, -0.2) is 4.79 Å². The number of benzene rings is 1. The highest BCUT2D eigenvalue weighted by atomic mass is 16.6. The van der Waals surface area contributed by atoms with Crippen LogP contribution >= 0.6 is 0 Å². The Bertz CT molecular complexity index is 614. The summed E-state index contributed by atoms with van der Waals surface area (Å²) in [5.41, 5.74) is 3.41. The number of alkyl carbamates (subject to hydrolysis) is 1. The molecule has 0 saturated heterocycles. The van der Waals surface area contributed by atoms with E-state index in [1.165, 1.54) is 16.7 Å². The molecule has 4 nitrogen and oxygen atoms in total. The lowest BCUT2D eigenvalue weighted by Crippen LogP contribution is -2.51. The summed E-state index contributed by atoms with van der Waals surface area (Å²) in [5.74, 6) is 0. The van der Waals surface area contributed by atoms with Crippen LogP contribution < -0.4 is 5.32 Å². The van der Waals surface area contributed by atoms with Crippen LogP contribution in [0.2, 0.25) is 0 Å². The van der Waals surface area contributed by atoms with E-state index in [-0.39, 0.29) is 18.2 Å². The molecule has 0 aliphatic heterocycles. The maximum absolute atomic E-state index is 12.1. The number of nitrogens with one attached hydrogen (secondary N) is 1. The third-order valence-electron chi connectivity index (χ3n) is 4.27. The van der Waals surface area contributed by atoms with Crippen LogP contribution in [0.3, 0.4) is 0 Å². The van der Waals surface area contributed by atoms with Gasteiger partial charge in [-0.15, -0.1) is 0 Å². The smallest absolute Gasteiger partial charge is 0.407 e. The van der Waals surface area contributed by atoms with E-state index in [0.29, 0.717) is 0 Å². The van der Waals surface area contributed by atoms with Gasteiger partial charge in [0.1, 0.15) is 5.60 Å². The minimum atomic E-state index is -0.477. The number of hydrogen-bond acceptors (Lipinski definition) is 3. The molecule has 0 radical (unpaired) electrons. The number of amides is 1. The van der Waals surface area contributed by atoms with Gasteiger partial charge in [-0.05, 0) is 65.8 Å². The van der Waals surface area contributed by atoms with Crippen molar-refractivity contribution in [3.05, 3.63) is 41.5 Å². The normalized spacial score (nSPS) is 21.4. The van der Waals surface area contributed by atoms with Crippen LogP contribution in [0.25, 0.3) is 5.57 Å². The number of rotatable bonds is 3. The molecule has 1 unspecified atom stereocenters. The molecule has 1 aliphatic rings. The van der Waals surface area contributed by atoms with Crippen LogP contribution in [0.1, 0.15) is 44.7 Å². The van der Waals surface area contributed by atoms with Gasteiger partial charge in [-0.1, -0.05) is 35.9 Å². The molecule has 0 aromatic heterocycles. The molecule has 1 aliphatic carbocycles. The Morgan fingerprint density at radius 3 is 2.58 bits per heavy atom. The van der Waals surface area contributed by atoms with Crippen LogP contribution in [0.5, 0.6) is 0 Å². The SMILES string of the molecule is Cc1cccc(C2=CCC(NC(=O)OC(C)(C)C)[C@@H](N(C)C)C2)c1. The number of likely N-dealkylation sites (N-methyl/N-ethyl adjacent to an activating group) is 1. The average Bonchev–Trinajstić information content (AvgIpc) is 2.45. The Hall–Kier alpha value is -1.81. The first kappa shape index (κ1) is 18.5. The van der Waals surface area contributed by atoms with Gasteiger partial charge < -0.3 is 15.0 Å². The van der Waals surface area contributed by atoms with Crippen molar-refractivity contribution in [2.45, 2.75) is 58.2 Å². The molecule has 4 heteroatoms. The molecule has 0 spiro atoms. The highest BCUT2D eigenvalue weighted by Gasteiger charge is 2.30. The van der Waals surface area contributed by atoms with E-state index in [9.17, 15) is 4.79 Å². The van der Waals surface area contributed by atoms with Crippen molar-refractivity contribution in [1.29, 1.82) is 0 Å². The molecule has 2 rings (SSSR count). The zero-order chi connectivity index (χ0) is 17.9. The second kappa shape index (κ2) is 7.39. The first-order valence-electron chi connectivity index (χ1n) is 8.58. The molecule has 1 N–H and O–H groups in total. The van der Waals surface area contributed by atoms with Gasteiger partial charge in [0, 0.05) is 6.04 Å². The lowest BCUT2D eigenvalue weighted by Gasteiger charge is -2.36. The van der Waals surface area contributed by atoms with Crippen molar-refractivity contribution < 1.29 is 9.53 Å². The standard InChI is InChI=1S/C20H30N2O2/c1-14-8-7-9-15(12-14)16-10-11-17(18(13-16)22(5)6)21-19(23)24-20(2,3)4/h7-10,12,17-18H,11,13H2,1-6H3,(H,21,23)/t17?,18-/m0/s1. The number of carbonyl (C=O) groups excluding carboxylic acids is 1. The van der Waals surface area contributed by atoms with E-state index in [4.69, 9.17) is 4.74 Å². The van der Waals surface area contributed by atoms with Gasteiger partial charge in [-0.3, -0.25) is 0 Å². The van der Waals surface area contributed by atoms with E-state index in [2.05, 4.69) is 61.6 Å². The van der Waals surface area contributed by atoms with E-state index in [1.807, 2.05) is 20.8 Å². The van der Waals surface area contributed by atoms with Gasteiger partial charge in [-0.2, -0.15) is 0 Å². The Balaban J connectivity index is 2.12. The average molecular weight is 330 g/mol. The monoisotopic (exact) mass is 330 g/mol. The molecular formula is C20H30N2O2. The van der Waals surface area contributed by atoms with Gasteiger partial charge in [0.25, 0.3) is 0 Å². The predicted octanol–water partition coefficient (Wildman–Crippen LogP) is 4.00. The topological polar surface area (TPSA) is 41.6 Å². The van der Waals surface area contributed by atoms with E-state index in [1.54, 1.807) is 0 Å². The largest absolute Gasteiger partial charge is 0.444 e. The van der Waals surface area contributed by atoms with E-state index < -0.39 is 5.60 Å². The fourth-order valence-electron chi connectivity index (χ4n) is 3.11. The highest BCUT2D eigenvalue weighted by Crippen LogP contribution is 2.30. The minimum absolute atomic E-state index is 0.0587. The van der Waals surface area contributed by atoms with E-state index in [0.717, 1.165) is 12.8 Å². The van der Waals surface area contributed by atoms with Crippen molar-refractivity contribution in [1.82, 2.24) is 10.2 Å². The van der Waals surface area contributed by atoms with Crippen LogP contribution in [0, 0.1) is 6.92 Å². The first-order chi connectivity index (χ1) is 11.2. The number of ether oxygens (including phenoxy) is 1. The second-order valence-electron chi connectivity index (χ2n) is 7.82. The summed E-state index contributed by atoms with van der Waals surface area (Å²) in [6.07, 6.45) is 3.63. The summed E-state index contributed by atoms with van der Waals surface area (Å²) in [6.45, 7) is 7.76. The van der Waals surface area contributed by atoms with Crippen LogP contribution in [0.4, 0.5) is 4.79 Å². The fourth-order valence-corrected chi connectivity index (χ4v) is 3.11. The molecule has 132 valence electrons. The quantitative estimate of drug-likeness (QED) is 0.911. The molecule has 1 aromatic rings. The van der Waals surface area contributed by atoms with Crippen molar-refractivity contribution in [2.24, 2.45) is 0 Å². The molecule has 1 aromatic carbocycles. The zero-order valence-electron chi connectivity index (χ0n) is 15.7. The third kappa shape index (κ3) is 5.10. The van der Waals surface area contributed by atoms with Gasteiger partial charge >= 0.3 is 6.09 Å². The molecule has 0 bridgehead atoms. The lowest BCUT2D eigenvalue weighted by atomic mass is 9.86. The van der Waals surface area contributed by atoms with Gasteiger partial charge in [0.05, 0.1) is 6.04 Å². The summed E-state index contributed by atoms with van der Waals surface area (Å²) in [6, 6.07) is 8.90. The zero-order valence-corrected chi connectivity index (χ0v) is 15.7. The van der Waals surface area contributed by atoms with Crippen LogP contribution in [0.15, 0.2) is 30.3 Å². The molecule has 2 atom stereocenters. The van der Waals surface area contributed by atoms with Crippen molar-refractivity contribution in [2.75, 3.05) is 14.1 Å². The Morgan fingerprint density at radius 1 is 1.29 bits per heavy atom. The second-order valence-corrected chi connectivity index (χ2v) is 7.82. The molecule has 0 heterocycles. The maximum atomic E-state index is 12.1. The highest BCUT2D eigenvalue weighted by molar-refractivity contribution is 5.70. The van der Waals surface area contributed by atoms with Gasteiger partial charge in [0.2, 0.25) is 0 Å². The molecule has 1 amide bonds. The Labute approximate surface area is 145 Å². The van der Waals surface area contributed by atoms with Crippen LogP contribution in [-0.2, 0) is 4.74 Å². The lowest BCUT2D eigenvalue weighted by molar-refractivity contribution is 0.0474. The summed E-state index contributed by atoms with van der Waals surface area (Å²) in [5, 5.41) is 3.04. The number of carbonyl (C=O) groups is 1. The first-order valence-corrected chi connectivity index (χ1v) is 8.58. The van der Waals surface area contributed by atoms with Gasteiger partial charge in [0.15, 0.2) is 0 Å². The molecular weight excluding hydrogens is 300 g/mol. The molecule has 0 saturated carbocycles. The Kier molecular flexibility index (Phi) is 5.70. The summed E-state index contributed by atoms with van der Waals surface area (Å²) >= 11 is 0. The van der Waals surface area contributed by atoms with Crippen LogP contribution in [-0.4, -0.2) is 42.8 Å². The maximum Gasteiger partial charge on any atom is 0.407 e. The minimum Gasteiger partial charge on any atom is -0.444 e. The van der Waals surface area contributed by atoms with Crippen molar-refractivity contribution >= 4 is 11.7 Å². The molecule has 0 fully saturated rings. The number of nitrogens with zero attached hydrogens (tertiary/aromatic N) is 1. The van der Waals surface area contributed by atoms with Crippen molar-refractivity contribution in [3.63, 3.8) is 0 Å². The number of aryl methyl sites for hydroxylation is 1. The van der Waals surface area contributed by atoms with Crippen molar-refractivity contribution in [3.8, 4) is 0 Å². The summed E-state index contributed by atoms with van der Waals surface area (Å²) in [4.78, 5) is 14.3. The third-order valence-corrected chi connectivity index (χ3v) is 4.27. The van der Waals surface area contributed by atoms with E-state index >= 15 is 0 Å². The Morgan fingerprint density at radius 2 is 2.00 bits per heavy atom. The summed E-state index contributed by atoms with van der Waals surface area (Å²) < 4.78 is 5.41. The predicted molar refractivity (Wildman–Crippen MR) is 99.0 cm³/mol. The number of hydrogen-bond donors (Lipinski definition) is 1. The summed E-state index contributed by atoms with van der Waals surface area (Å²) in [7, 11) is 4.13. The fraction of sp³-hybridized carbons (Fsp3) is 0.550.